The summed E-state index contributed by atoms with van der Waals surface area (Å²) >= 11 is 5.96. The molecule has 1 aromatic carbocycles. The van der Waals surface area contributed by atoms with Crippen molar-refractivity contribution in [2.45, 2.75) is 24.7 Å². The molecule has 0 N–H and O–H groups in total. The molecular formula is C14H12ClFN2O3. The zero-order valence-electron chi connectivity index (χ0n) is 11.2. The van der Waals surface area contributed by atoms with Gasteiger partial charge in [0.1, 0.15) is 11.2 Å². The van der Waals surface area contributed by atoms with Crippen LogP contribution in [-0.4, -0.2) is 23.2 Å². The Morgan fingerprint density at radius 2 is 2.29 bits per heavy atom. The fourth-order valence-electron chi connectivity index (χ4n) is 2.21. The molecular weight excluding hydrogens is 299 g/mol. The number of hydrogen-bond acceptors (Lipinski definition) is 5. The highest BCUT2D eigenvalue weighted by molar-refractivity contribution is 6.31. The average molecular weight is 311 g/mol. The molecule has 1 aromatic heterocycles. The van der Waals surface area contributed by atoms with E-state index in [0.717, 1.165) is 0 Å². The standard InChI is InChI=1S/C14H12ClFN2O3/c1-20-13(19)14(5-6-14)12-17-11(18-21-12)7-8-9(15)3-2-4-10(8)16/h2-4H,5-7H2,1H3. The van der Waals surface area contributed by atoms with Gasteiger partial charge in [-0.2, -0.15) is 4.98 Å². The molecule has 110 valence electrons. The first-order valence-corrected chi connectivity index (χ1v) is 6.79. The first-order chi connectivity index (χ1) is 10.1. The summed E-state index contributed by atoms with van der Waals surface area (Å²) < 4.78 is 23.6. The van der Waals surface area contributed by atoms with E-state index < -0.39 is 11.2 Å². The van der Waals surface area contributed by atoms with Crippen LogP contribution in [0.5, 0.6) is 0 Å². The second kappa shape index (κ2) is 5.11. The topological polar surface area (TPSA) is 65.2 Å². The molecule has 0 amide bonds. The second-order valence-corrected chi connectivity index (χ2v) is 5.37. The van der Waals surface area contributed by atoms with Crippen LogP contribution in [0.15, 0.2) is 22.7 Å². The Bertz CT molecular complexity index is 677. The van der Waals surface area contributed by atoms with Crippen LogP contribution in [-0.2, 0) is 21.4 Å². The van der Waals surface area contributed by atoms with Crippen molar-refractivity contribution in [2.24, 2.45) is 0 Å². The molecule has 2 aromatic rings. The minimum atomic E-state index is -0.820. The molecule has 7 heteroatoms. The van der Waals surface area contributed by atoms with Crippen molar-refractivity contribution in [3.8, 4) is 0 Å². The minimum Gasteiger partial charge on any atom is -0.468 e. The number of carbonyl (C=O) groups is 1. The van der Waals surface area contributed by atoms with Crippen LogP contribution in [0.2, 0.25) is 5.02 Å². The van der Waals surface area contributed by atoms with Crippen LogP contribution in [0.3, 0.4) is 0 Å². The summed E-state index contributed by atoms with van der Waals surface area (Å²) in [5.41, 5.74) is -0.520. The van der Waals surface area contributed by atoms with Gasteiger partial charge in [0.15, 0.2) is 5.82 Å². The molecule has 1 aliphatic rings. The maximum atomic E-state index is 13.7. The molecule has 0 radical (unpaired) electrons. The summed E-state index contributed by atoms with van der Waals surface area (Å²) in [6.07, 6.45) is 1.33. The lowest BCUT2D eigenvalue weighted by atomic mass is 10.1. The molecule has 1 saturated carbocycles. The van der Waals surface area contributed by atoms with Crippen molar-refractivity contribution in [1.82, 2.24) is 10.1 Å². The molecule has 1 aliphatic carbocycles. The van der Waals surface area contributed by atoms with Gasteiger partial charge in [0.05, 0.1) is 7.11 Å². The van der Waals surface area contributed by atoms with Crippen LogP contribution in [0.1, 0.15) is 30.1 Å². The SMILES string of the molecule is COC(=O)C1(c2nc(Cc3c(F)cccc3Cl)no2)CC1. The van der Waals surface area contributed by atoms with E-state index in [4.69, 9.17) is 20.9 Å². The highest BCUT2D eigenvalue weighted by Gasteiger charge is 2.57. The normalized spacial score (nSPS) is 15.8. The molecule has 0 aliphatic heterocycles. The van der Waals surface area contributed by atoms with Gasteiger partial charge in [0, 0.05) is 17.0 Å². The van der Waals surface area contributed by atoms with Crippen molar-refractivity contribution in [3.63, 3.8) is 0 Å². The van der Waals surface area contributed by atoms with Gasteiger partial charge >= 0.3 is 5.97 Å². The molecule has 5 nitrogen and oxygen atoms in total. The van der Waals surface area contributed by atoms with Crippen molar-refractivity contribution in [2.75, 3.05) is 7.11 Å². The van der Waals surface area contributed by atoms with Crippen LogP contribution in [0.25, 0.3) is 0 Å². The number of carbonyl (C=O) groups excluding carboxylic acids is 1. The number of aromatic nitrogens is 2. The highest BCUT2D eigenvalue weighted by atomic mass is 35.5. The molecule has 21 heavy (non-hydrogen) atoms. The van der Waals surface area contributed by atoms with Gasteiger partial charge in [-0.25, -0.2) is 4.39 Å². The smallest absolute Gasteiger partial charge is 0.321 e. The summed E-state index contributed by atoms with van der Waals surface area (Å²) in [5, 5.41) is 4.10. The first-order valence-electron chi connectivity index (χ1n) is 6.41. The van der Waals surface area contributed by atoms with Crippen LogP contribution in [0.4, 0.5) is 4.39 Å². The van der Waals surface area contributed by atoms with Crippen molar-refractivity contribution in [3.05, 3.63) is 46.3 Å². The first kappa shape index (κ1) is 14.0. The number of hydrogen-bond donors (Lipinski definition) is 0. The lowest BCUT2D eigenvalue weighted by molar-refractivity contribution is -0.144. The van der Waals surface area contributed by atoms with Crippen molar-refractivity contribution in [1.29, 1.82) is 0 Å². The third kappa shape index (κ3) is 2.40. The zero-order valence-corrected chi connectivity index (χ0v) is 12.0. The molecule has 0 saturated heterocycles. The fraction of sp³-hybridized carbons (Fsp3) is 0.357. The van der Waals surface area contributed by atoms with E-state index in [1.807, 2.05) is 0 Å². The van der Waals surface area contributed by atoms with Gasteiger partial charge in [-0.15, -0.1) is 0 Å². The van der Waals surface area contributed by atoms with E-state index in [0.29, 0.717) is 23.4 Å². The number of halogens is 2. The van der Waals surface area contributed by atoms with E-state index in [1.165, 1.54) is 19.2 Å². The Labute approximate surface area is 125 Å². The number of nitrogens with zero attached hydrogens (tertiary/aromatic N) is 2. The Morgan fingerprint density at radius 3 is 2.90 bits per heavy atom. The van der Waals surface area contributed by atoms with E-state index in [1.54, 1.807) is 6.07 Å². The summed E-state index contributed by atoms with van der Waals surface area (Å²) in [5.74, 6) is -0.312. The van der Waals surface area contributed by atoms with E-state index in [2.05, 4.69) is 10.1 Å². The van der Waals surface area contributed by atoms with Crippen molar-refractivity contribution < 1.29 is 18.4 Å². The molecule has 0 unspecified atom stereocenters. The van der Waals surface area contributed by atoms with Gasteiger partial charge in [-0.3, -0.25) is 4.79 Å². The quantitative estimate of drug-likeness (QED) is 0.812. The van der Waals surface area contributed by atoms with Gasteiger partial charge < -0.3 is 9.26 Å². The Kier molecular flexibility index (Phi) is 3.41. The number of benzene rings is 1. The minimum absolute atomic E-state index is 0.103. The van der Waals surface area contributed by atoms with Crippen LogP contribution < -0.4 is 0 Å². The number of esters is 1. The van der Waals surface area contributed by atoms with Crippen molar-refractivity contribution >= 4 is 17.6 Å². The number of ether oxygens (including phenoxy) is 1. The van der Waals surface area contributed by atoms with E-state index >= 15 is 0 Å². The van der Waals surface area contributed by atoms with E-state index in [9.17, 15) is 9.18 Å². The molecule has 3 rings (SSSR count). The molecule has 1 heterocycles. The lowest BCUT2D eigenvalue weighted by Gasteiger charge is -2.05. The number of rotatable bonds is 4. The van der Waals surface area contributed by atoms with Gasteiger partial charge in [0.2, 0.25) is 5.89 Å². The molecule has 0 spiro atoms. The third-order valence-electron chi connectivity index (χ3n) is 3.60. The number of methoxy groups -OCH3 is 1. The summed E-state index contributed by atoms with van der Waals surface area (Å²) in [7, 11) is 1.32. The predicted molar refractivity (Wildman–Crippen MR) is 71.4 cm³/mol. The summed E-state index contributed by atoms with van der Waals surface area (Å²) in [6, 6.07) is 4.44. The maximum absolute atomic E-state index is 13.7. The van der Waals surface area contributed by atoms with Crippen LogP contribution in [0, 0.1) is 5.82 Å². The Hall–Kier alpha value is -1.95. The molecule has 1 fully saturated rings. The molecule has 0 bridgehead atoms. The summed E-state index contributed by atoms with van der Waals surface area (Å²) in [6.45, 7) is 0. The predicted octanol–water partition coefficient (Wildman–Crippen LogP) is 2.66. The van der Waals surface area contributed by atoms with Gasteiger partial charge in [-0.05, 0) is 25.0 Å². The lowest BCUT2D eigenvalue weighted by Crippen LogP contribution is -2.22. The largest absolute Gasteiger partial charge is 0.468 e. The zero-order chi connectivity index (χ0) is 15.0. The Morgan fingerprint density at radius 1 is 1.52 bits per heavy atom. The highest BCUT2D eigenvalue weighted by Crippen LogP contribution is 2.48. The summed E-state index contributed by atoms with van der Waals surface area (Å²) in [4.78, 5) is 15.9. The monoisotopic (exact) mass is 310 g/mol. The Balaban J connectivity index is 1.85. The maximum Gasteiger partial charge on any atom is 0.321 e. The van der Waals surface area contributed by atoms with Gasteiger partial charge in [0.25, 0.3) is 0 Å². The van der Waals surface area contributed by atoms with E-state index in [-0.39, 0.29) is 24.1 Å². The second-order valence-electron chi connectivity index (χ2n) is 4.97. The van der Waals surface area contributed by atoms with Gasteiger partial charge in [-0.1, -0.05) is 22.8 Å². The fourth-order valence-corrected chi connectivity index (χ4v) is 2.43. The van der Waals surface area contributed by atoms with Crippen LogP contribution >= 0.6 is 11.6 Å². The molecule has 0 atom stereocenters. The third-order valence-corrected chi connectivity index (χ3v) is 3.95. The average Bonchev–Trinajstić information content (AvgIpc) is 3.15.